The molecule has 0 aliphatic rings. The SMILES string of the molecule is CC(C)=CCn1cc(C#N)c2ccc(-c3noc(=O)[nH]3)cc21. The number of aromatic amines is 1. The minimum atomic E-state index is -0.590. The summed E-state index contributed by atoms with van der Waals surface area (Å²) in [6, 6.07) is 7.76. The van der Waals surface area contributed by atoms with Gasteiger partial charge in [-0.25, -0.2) is 4.79 Å². The van der Waals surface area contributed by atoms with Crippen LogP contribution in [0.25, 0.3) is 22.3 Å². The molecule has 2 aromatic heterocycles. The highest BCUT2D eigenvalue weighted by molar-refractivity contribution is 5.89. The Morgan fingerprint density at radius 1 is 1.50 bits per heavy atom. The lowest BCUT2D eigenvalue weighted by Gasteiger charge is -2.03. The molecule has 0 bridgehead atoms. The third kappa shape index (κ3) is 2.44. The molecule has 0 aliphatic heterocycles. The Morgan fingerprint density at radius 3 is 2.95 bits per heavy atom. The van der Waals surface area contributed by atoms with E-state index >= 15 is 0 Å². The standard InChI is InChI=1S/C16H14N4O2/c1-10(2)5-6-20-9-12(8-17)13-4-3-11(7-14(13)20)15-18-16(21)22-19-15/h3-5,7,9H,6H2,1-2H3,(H,18,19,21). The molecule has 1 aromatic carbocycles. The van der Waals surface area contributed by atoms with Gasteiger partial charge in [-0.3, -0.25) is 9.51 Å². The molecule has 110 valence electrons. The van der Waals surface area contributed by atoms with Gasteiger partial charge in [0.25, 0.3) is 0 Å². The summed E-state index contributed by atoms with van der Waals surface area (Å²) in [5, 5.41) is 13.8. The fourth-order valence-corrected chi connectivity index (χ4v) is 2.31. The number of rotatable bonds is 3. The van der Waals surface area contributed by atoms with Crippen LogP contribution in [0.1, 0.15) is 19.4 Å². The van der Waals surface area contributed by atoms with Crippen LogP contribution in [-0.4, -0.2) is 14.7 Å². The van der Waals surface area contributed by atoms with Crippen molar-refractivity contribution in [3.8, 4) is 17.5 Å². The number of fused-ring (bicyclic) bond motifs is 1. The predicted molar refractivity (Wildman–Crippen MR) is 82.2 cm³/mol. The van der Waals surface area contributed by atoms with E-state index in [1.807, 2.05) is 42.8 Å². The molecule has 0 saturated carbocycles. The zero-order chi connectivity index (χ0) is 15.7. The van der Waals surface area contributed by atoms with E-state index in [-0.39, 0.29) is 0 Å². The van der Waals surface area contributed by atoms with Gasteiger partial charge in [0.05, 0.1) is 11.1 Å². The van der Waals surface area contributed by atoms with E-state index in [9.17, 15) is 10.1 Å². The lowest BCUT2D eigenvalue weighted by molar-refractivity contribution is 0.388. The zero-order valence-corrected chi connectivity index (χ0v) is 12.3. The van der Waals surface area contributed by atoms with E-state index in [1.54, 1.807) is 0 Å². The number of nitrogens with zero attached hydrogens (tertiary/aromatic N) is 3. The minimum Gasteiger partial charge on any atom is -0.342 e. The molecule has 3 aromatic rings. The number of benzene rings is 1. The van der Waals surface area contributed by atoms with Crippen LogP contribution < -0.4 is 5.76 Å². The van der Waals surface area contributed by atoms with Gasteiger partial charge in [0.2, 0.25) is 0 Å². The Kier molecular flexibility index (Phi) is 3.39. The fourth-order valence-electron chi connectivity index (χ4n) is 2.31. The van der Waals surface area contributed by atoms with Crippen molar-refractivity contribution >= 4 is 10.9 Å². The summed E-state index contributed by atoms with van der Waals surface area (Å²) < 4.78 is 6.54. The van der Waals surface area contributed by atoms with E-state index in [4.69, 9.17) is 0 Å². The molecule has 0 fully saturated rings. The maximum absolute atomic E-state index is 11.1. The summed E-state index contributed by atoms with van der Waals surface area (Å²) in [6.07, 6.45) is 3.92. The Balaban J connectivity index is 2.17. The molecular formula is C16H14N4O2. The maximum Gasteiger partial charge on any atom is 0.439 e. The molecule has 0 saturated heterocycles. The summed E-state index contributed by atoms with van der Waals surface area (Å²) in [4.78, 5) is 13.6. The first-order valence-electron chi connectivity index (χ1n) is 6.81. The Bertz CT molecular complexity index is 962. The van der Waals surface area contributed by atoms with Crippen molar-refractivity contribution < 1.29 is 4.52 Å². The van der Waals surface area contributed by atoms with Crippen LogP contribution in [0.2, 0.25) is 0 Å². The second kappa shape index (κ2) is 5.37. The quantitative estimate of drug-likeness (QED) is 0.752. The fraction of sp³-hybridized carbons (Fsp3) is 0.188. The van der Waals surface area contributed by atoms with Crippen molar-refractivity contribution in [2.24, 2.45) is 0 Å². The number of aromatic nitrogens is 3. The number of allylic oxidation sites excluding steroid dienone is 2. The predicted octanol–water partition coefficient (Wildman–Crippen LogP) is 2.82. The monoisotopic (exact) mass is 294 g/mol. The van der Waals surface area contributed by atoms with Gasteiger partial charge in [0, 0.05) is 23.7 Å². The second-order valence-corrected chi connectivity index (χ2v) is 5.26. The minimum absolute atomic E-state index is 0.375. The van der Waals surface area contributed by atoms with Crippen molar-refractivity contribution in [1.29, 1.82) is 5.26 Å². The molecule has 6 nitrogen and oxygen atoms in total. The van der Waals surface area contributed by atoms with Crippen molar-refractivity contribution in [1.82, 2.24) is 14.7 Å². The van der Waals surface area contributed by atoms with Crippen molar-refractivity contribution in [2.45, 2.75) is 20.4 Å². The topological polar surface area (TPSA) is 87.6 Å². The second-order valence-electron chi connectivity index (χ2n) is 5.26. The van der Waals surface area contributed by atoms with Crippen molar-refractivity contribution in [2.75, 3.05) is 0 Å². The average molecular weight is 294 g/mol. The van der Waals surface area contributed by atoms with Gasteiger partial charge in [0.15, 0.2) is 5.82 Å². The molecule has 3 rings (SSSR count). The van der Waals surface area contributed by atoms with Crippen LogP contribution in [0.15, 0.2) is 45.4 Å². The number of H-pyrrole nitrogens is 1. The molecule has 22 heavy (non-hydrogen) atoms. The van der Waals surface area contributed by atoms with Crippen LogP contribution in [0.5, 0.6) is 0 Å². The van der Waals surface area contributed by atoms with Crippen LogP contribution in [-0.2, 0) is 6.54 Å². The molecule has 0 radical (unpaired) electrons. The molecule has 0 atom stereocenters. The maximum atomic E-state index is 11.1. The largest absolute Gasteiger partial charge is 0.439 e. The van der Waals surface area contributed by atoms with Crippen molar-refractivity contribution in [3.63, 3.8) is 0 Å². The van der Waals surface area contributed by atoms with Crippen LogP contribution in [0.4, 0.5) is 0 Å². The Labute approximate surface area is 126 Å². The Morgan fingerprint density at radius 2 is 2.32 bits per heavy atom. The third-order valence-corrected chi connectivity index (χ3v) is 3.41. The summed E-state index contributed by atoms with van der Waals surface area (Å²) >= 11 is 0. The van der Waals surface area contributed by atoms with Gasteiger partial charge >= 0.3 is 5.76 Å². The zero-order valence-electron chi connectivity index (χ0n) is 12.3. The first-order chi connectivity index (χ1) is 10.6. The molecule has 0 aliphatic carbocycles. The molecule has 0 unspecified atom stereocenters. The van der Waals surface area contributed by atoms with Crippen LogP contribution >= 0.6 is 0 Å². The molecule has 0 amide bonds. The van der Waals surface area contributed by atoms with Gasteiger partial charge in [-0.2, -0.15) is 5.26 Å². The van der Waals surface area contributed by atoms with E-state index in [2.05, 4.69) is 26.8 Å². The van der Waals surface area contributed by atoms with Crippen molar-refractivity contribution in [3.05, 3.63) is 52.2 Å². The highest BCUT2D eigenvalue weighted by Gasteiger charge is 2.11. The average Bonchev–Trinajstić information content (AvgIpc) is 3.08. The highest BCUT2D eigenvalue weighted by atomic mass is 16.5. The normalized spacial score (nSPS) is 10.6. The molecule has 1 N–H and O–H groups in total. The lowest BCUT2D eigenvalue weighted by atomic mass is 10.1. The molecular weight excluding hydrogens is 280 g/mol. The summed E-state index contributed by atoms with van der Waals surface area (Å²) in [5.74, 6) is -0.215. The smallest absolute Gasteiger partial charge is 0.342 e. The van der Waals surface area contributed by atoms with E-state index in [0.29, 0.717) is 17.9 Å². The summed E-state index contributed by atoms with van der Waals surface area (Å²) in [6.45, 7) is 4.74. The van der Waals surface area contributed by atoms with Gasteiger partial charge in [-0.1, -0.05) is 28.9 Å². The first kappa shape index (κ1) is 13.9. The number of hydrogen-bond donors (Lipinski definition) is 1. The lowest BCUT2D eigenvalue weighted by Crippen LogP contribution is -1.95. The van der Waals surface area contributed by atoms with Gasteiger partial charge in [0.1, 0.15) is 6.07 Å². The highest BCUT2D eigenvalue weighted by Crippen LogP contribution is 2.26. The van der Waals surface area contributed by atoms with Crippen LogP contribution in [0, 0.1) is 11.3 Å². The van der Waals surface area contributed by atoms with E-state index in [1.165, 1.54) is 5.57 Å². The van der Waals surface area contributed by atoms with Crippen LogP contribution in [0.3, 0.4) is 0 Å². The number of nitriles is 1. The van der Waals surface area contributed by atoms with Gasteiger partial charge in [-0.15, -0.1) is 0 Å². The van der Waals surface area contributed by atoms with Gasteiger partial charge in [-0.05, 0) is 19.9 Å². The summed E-state index contributed by atoms with van der Waals surface area (Å²) in [5.41, 5.74) is 3.48. The molecule has 2 heterocycles. The van der Waals surface area contributed by atoms with E-state index < -0.39 is 5.76 Å². The summed E-state index contributed by atoms with van der Waals surface area (Å²) in [7, 11) is 0. The first-order valence-corrected chi connectivity index (χ1v) is 6.81. The van der Waals surface area contributed by atoms with Gasteiger partial charge < -0.3 is 4.57 Å². The third-order valence-electron chi connectivity index (χ3n) is 3.41. The van der Waals surface area contributed by atoms with E-state index in [0.717, 1.165) is 16.5 Å². The molecule has 6 heteroatoms. The number of nitrogens with one attached hydrogen (secondary N) is 1. The number of hydrogen-bond acceptors (Lipinski definition) is 4. The Hall–Kier alpha value is -3.07. The molecule has 0 spiro atoms.